The van der Waals surface area contributed by atoms with Gasteiger partial charge in [0.25, 0.3) is 5.91 Å². The second-order valence-electron chi connectivity index (χ2n) is 3.90. The molecule has 0 unspecified atom stereocenters. The Labute approximate surface area is 117 Å². The zero-order valence-electron chi connectivity index (χ0n) is 10.2. The fourth-order valence-electron chi connectivity index (χ4n) is 1.67. The summed E-state index contributed by atoms with van der Waals surface area (Å²) in [6, 6.07) is 11.1. The number of hydrogen-bond acceptors (Lipinski definition) is 1. The number of nitrogens with two attached hydrogens (primary N) is 2. The molecule has 4 N–H and O–H groups in total. The summed E-state index contributed by atoms with van der Waals surface area (Å²) in [4.78, 5) is 15.2. The van der Waals surface area contributed by atoms with Gasteiger partial charge in [-0.15, -0.1) is 12.4 Å². The Morgan fingerprint density at radius 1 is 1.16 bits per heavy atom. The van der Waals surface area contributed by atoms with Gasteiger partial charge >= 0.3 is 0 Å². The predicted octanol–water partition coefficient (Wildman–Crippen LogP) is 1.37. The average molecular weight is 279 g/mol. The number of hydrogen-bond donors (Lipinski definition) is 2. The van der Waals surface area contributed by atoms with Gasteiger partial charge in [0.1, 0.15) is 0 Å². The van der Waals surface area contributed by atoms with E-state index in [0.29, 0.717) is 12.1 Å². The molecular weight excluding hydrogens is 264 g/mol. The lowest BCUT2D eigenvalue weighted by atomic mass is 10.1. The molecule has 6 heteroatoms. The van der Waals surface area contributed by atoms with Crippen LogP contribution in [0.25, 0.3) is 0 Å². The normalized spacial score (nSPS) is 9.47. The Balaban J connectivity index is 0.00000180. The molecule has 0 spiro atoms. The zero-order valence-corrected chi connectivity index (χ0v) is 11.0. The summed E-state index contributed by atoms with van der Waals surface area (Å²) in [5.74, 6) is -0.653. The maximum atomic E-state index is 11.7. The van der Waals surface area contributed by atoms with Gasteiger partial charge < -0.3 is 16.0 Å². The van der Waals surface area contributed by atoms with Crippen LogP contribution < -0.4 is 11.5 Å². The van der Waals surface area contributed by atoms with Gasteiger partial charge in [0, 0.05) is 24.5 Å². The van der Waals surface area contributed by atoms with Gasteiger partial charge in [-0.25, -0.2) is 0 Å². The van der Waals surface area contributed by atoms with Crippen molar-refractivity contribution >= 4 is 24.3 Å². The van der Waals surface area contributed by atoms with Crippen LogP contribution in [-0.4, -0.2) is 16.4 Å². The van der Waals surface area contributed by atoms with Crippen LogP contribution in [0.1, 0.15) is 15.9 Å². The largest absolute Gasteiger partial charge is 0.370 e. The monoisotopic (exact) mass is 278 g/mol. The number of aliphatic imine (C=N–C) groups is 1. The third-order valence-electron chi connectivity index (χ3n) is 2.44. The molecule has 0 atom stereocenters. The Morgan fingerprint density at radius 3 is 2.47 bits per heavy atom. The van der Waals surface area contributed by atoms with Gasteiger partial charge in [0.05, 0.1) is 0 Å². The minimum Gasteiger partial charge on any atom is -0.370 e. The van der Waals surface area contributed by atoms with E-state index in [9.17, 15) is 4.79 Å². The van der Waals surface area contributed by atoms with Crippen LogP contribution in [0, 0.1) is 0 Å². The Kier molecular flexibility index (Phi) is 5.14. The molecule has 1 amide bonds. The summed E-state index contributed by atoms with van der Waals surface area (Å²) < 4.78 is 2.02. The molecule has 0 radical (unpaired) electrons. The van der Waals surface area contributed by atoms with Crippen LogP contribution in [0.3, 0.4) is 0 Å². The quantitative estimate of drug-likeness (QED) is 0.657. The summed E-state index contributed by atoms with van der Waals surface area (Å²) in [7, 11) is 0. The first kappa shape index (κ1) is 14.8. The molecule has 19 heavy (non-hydrogen) atoms. The number of halogens is 1. The molecule has 5 nitrogen and oxygen atoms in total. The number of guanidine groups is 1. The molecule has 2 aromatic rings. The number of aromatic nitrogens is 1. The van der Waals surface area contributed by atoms with E-state index in [4.69, 9.17) is 11.5 Å². The summed E-state index contributed by atoms with van der Waals surface area (Å²) in [6.07, 6.45) is 3.93. The first-order valence-corrected chi connectivity index (χ1v) is 5.49. The predicted molar refractivity (Wildman–Crippen MR) is 77.4 cm³/mol. The number of carbonyl (C=O) groups excluding carboxylic acids is 1. The van der Waals surface area contributed by atoms with Gasteiger partial charge in [-0.3, -0.25) is 4.79 Å². The fraction of sp³-hybridized carbons (Fsp3) is 0.0769. The lowest BCUT2D eigenvalue weighted by molar-refractivity contribution is 0.100. The highest BCUT2D eigenvalue weighted by molar-refractivity contribution is 6.01. The molecule has 1 aromatic carbocycles. The summed E-state index contributed by atoms with van der Waals surface area (Å²) in [5, 5.41) is 0. The Morgan fingerprint density at radius 2 is 1.84 bits per heavy atom. The SMILES string of the molecule is Cl.NC(N)=NC(=O)c1cccc(Cn2cccc2)c1. The second kappa shape index (κ2) is 6.61. The lowest BCUT2D eigenvalue weighted by Crippen LogP contribution is -2.24. The molecule has 0 saturated carbocycles. The molecule has 100 valence electrons. The van der Waals surface area contributed by atoms with Crippen molar-refractivity contribution in [1.82, 2.24) is 4.57 Å². The molecule has 0 fully saturated rings. The van der Waals surface area contributed by atoms with Crippen LogP contribution in [-0.2, 0) is 6.54 Å². The molecule has 0 aliphatic carbocycles. The smallest absolute Gasteiger partial charge is 0.280 e. The molecule has 0 aliphatic rings. The van der Waals surface area contributed by atoms with Crippen LogP contribution in [0.2, 0.25) is 0 Å². The van der Waals surface area contributed by atoms with E-state index in [1.807, 2.05) is 41.2 Å². The van der Waals surface area contributed by atoms with Crippen molar-refractivity contribution in [2.75, 3.05) is 0 Å². The molecule has 1 aromatic heterocycles. The number of amides is 1. The molecule has 0 bridgehead atoms. The molecule has 0 aliphatic heterocycles. The van der Waals surface area contributed by atoms with E-state index in [1.54, 1.807) is 12.1 Å². The van der Waals surface area contributed by atoms with Crippen LogP contribution in [0.4, 0.5) is 0 Å². The molecule has 2 rings (SSSR count). The number of benzene rings is 1. The van der Waals surface area contributed by atoms with Crippen molar-refractivity contribution in [1.29, 1.82) is 0 Å². The van der Waals surface area contributed by atoms with Gasteiger partial charge in [0.15, 0.2) is 5.96 Å². The highest BCUT2D eigenvalue weighted by Crippen LogP contribution is 2.08. The number of nitrogens with zero attached hydrogens (tertiary/aromatic N) is 2. The van der Waals surface area contributed by atoms with Gasteiger partial charge in [0.2, 0.25) is 0 Å². The first-order valence-electron chi connectivity index (χ1n) is 5.49. The van der Waals surface area contributed by atoms with Crippen molar-refractivity contribution < 1.29 is 4.79 Å². The standard InChI is InChI=1S/C13H14N4O.ClH/c14-13(15)16-12(18)11-5-3-4-10(8-11)9-17-6-1-2-7-17;/h1-8H,9H2,(H4,14,15,16,18);1H. The third kappa shape index (κ3) is 4.15. The molecule has 0 saturated heterocycles. The maximum Gasteiger partial charge on any atom is 0.280 e. The average Bonchev–Trinajstić information content (AvgIpc) is 2.81. The Hall–Kier alpha value is -2.27. The number of rotatable bonds is 3. The van der Waals surface area contributed by atoms with Crippen LogP contribution >= 0.6 is 12.4 Å². The summed E-state index contributed by atoms with van der Waals surface area (Å²) in [5.41, 5.74) is 11.9. The number of carbonyl (C=O) groups is 1. The van der Waals surface area contributed by atoms with E-state index in [-0.39, 0.29) is 18.4 Å². The highest BCUT2D eigenvalue weighted by atomic mass is 35.5. The third-order valence-corrected chi connectivity index (χ3v) is 2.44. The lowest BCUT2D eigenvalue weighted by Gasteiger charge is -2.04. The van der Waals surface area contributed by atoms with Crippen molar-refractivity contribution in [2.45, 2.75) is 6.54 Å². The van der Waals surface area contributed by atoms with E-state index < -0.39 is 5.91 Å². The van der Waals surface area contributed by atoms with E-state index in [0.717, 1.165) is 5.56 Å². The highest BCUT2D eigenvalue weighted by Gasteiger charge is 2.05. The minimum atomic E-state index is -0.427. The summed E-state index contributed by atoms with van der Waals surface area (Å²) in [6.45, 7) is 0.704. The minimum absolute atomic E-state index is 0. The van der Waals surface area contributed by atoms with E-state index in [1.165, 1.54) is 0 Å². The maximum absolute atomic E-state index is 11.7. The molecule has 1 heterocycles. The fourth-order valence-corrected chi connectivity index (χ4v) is 1.67. The molecular formula is C13H15ClN4O. The topological polar surface area (TPSA) is 86.4 Å². The van der Waals surface area contributed by atoms with Crippen molar-refractivity contribution in [3.63, 3.8) is 0 Å². The van der Waals surface area contributed by atoms with Gasteiger partial charge in [-0.05, 0) is 29.8 Å². The van der Waals surface area contributed by atoms with E-state index in [2.05, 4.69) is 4.99 Å². The van der Waals surface area contributed by atoms with Crippen LogP contribution in [0.15, 0.2) is 53.8 Å². The van der Waals surface area contributed by atoms with Gasteiger partial charge in [-0.1, -0.05) is 12.1 Å². The summed E-state index contributed by atoms with van der Waals surface area (Å²) >= 11 is 0. The van der Waals surface area contributed by atoms with Crippen LogP contribution in [0.5, 0.6) is 0 Å². The van der Waals surface area contributed by atoms with Crippen molar-refractivity contribution in [3.05, 3.63) is 59.9 Å². The van der Waals surface area contributed by atoms with E-state index >= 15 is 0 Å². The Bertz CT molecular complexity index is 574. The zero-order chi connectivity index (χ0) is 13.0. The second-order valence-corrected chi connectivity index (χ2v) is 3.90. The first-order chi connectivity index (χ1) is 8.65. The van der Waals surface area contributed by atoms with Crippen molar-refractivity contribution in [2.24, 2.45) is 16.5 Å². The van der Waals surface area contributed by atoms with Gasteiger partial charge in [-0.2, -0.15) is 4.99 Å². The van der Waals surface area contributed by atoms with Crippen molar-refractivity contribution in [3.8, 4) is 0 Å².